The van der Waals surface area contributed by atoms with Gasteiger partial charge < -0.3 is 9.47 Å². The van der Waals surface area contributed by atoms with E-state index < -0.39 is 0 Å². The summed E-state index contributed by atoms with van der Waals surface area (Å²) >= 11 is 7.01. The molecule has 1 atom stereocenters. The molecule has 2 rings (SSSR count). The number of hydrogen-bond donors (Lipinski definition) is 0. The molecular formula is C15H19Br2NO3. The summed E-state index contributed by atoms with van der Waals surface area (Å²) in [5, 5.41) is 0. The first-order valence-corrected chi connectivity index (χ1v) is 8.62. The standard InChI is InChI=1S/C15H19Br2NO3/c1-2-21-15(19)10-14(18-5-7-20-8-6-18)11-3-4-12(16)13(17)9-11/h3-4,9,14H,2,5-8,10H2,1H3. The number of morpholine rings is 1. The molecular weight excluding hydrogens is 402 g/mol. The molecule has 0 aliphatic carbocycles. The maximum Gasteiger partial charge on any atom is 0.307 e. The second kappa shape index (κ2) is 8.27. The fraction of sp³-hybridized carbons (Fsp3) is 0.533. The zero-order chi connectivity index (χ0) is 15.2. The Labute approximate surface area is 142 Å². The number of rotatable bonds is 5. The second-order valence-electron chi connectivity index (χ2n) is 4.85. The molecule has 1 aromatic carbocycles. The molecule has 116 valence electrons. The molecule has 0 radical (unpaired) electrons. The van der Waals surface area contributed by atoms with Gasteiger partial charge in [0, 0.05) is 28.1 Å². The number of carbonyl (C=O) groups is 1. The van der Waals surface area contributed by atoms with Crippen LogP contribution in [-0.2, 0) is 14.3 Å². The molecule has 0 saturated carbocycles. The van der Waals surface area contributed by atoms with Crippen molar-refractivity contribution in [3.05, 3.63) is 32.7 Å². The number of esters is 1. The van der Waals surface area contributed by atoms with Crippen molar-refractivity contribution in [2.24, 2.45) is 0 Å². The third-order valence-electron chi connectivity index (χ3n) is 3.48. The average molecular weight is 421 g/mol. The van der Waals surface area contributed by atoms with Crippen LogP contribution in [0.4, 0.5) is 0 Å². The van der Waals surface area contributed by atoms with Gasteiger partial charge in [-0.15, -0.1) is 0 Å². The van der Waals surface area contributed by atoms with Gasteiger partial charge in [0.2, 0.25) is 0 Å². The van der Waals surface area contributed by atoms with E-state index in [0.29, 0.717) is 26.2 Å². The van der Waals surface area contributed by atoms with Crippen molar-refractivity contribution in [1.82, 2.24) is 4.90 Å². The number of carbonyl (C=O) groups excluding carboxylic acids is 1. The van der Waals surface area contributed by atoms with Gasteiger partial charge >= 0.3 is 5.97 Å². The molecule has 1 aliphatic heterocycles. The van der Waals surface area contributed by atoms with Crippen LogP contribution in [0.25, 0.3) is 0 Å². The van der Waals surface area contributed by atoms with Gasteiger partial charge in [-0.2, -0.15) is 0 Å². The largest absolute Gasteiger partial charge is 0.466 e. The second-order valence-corrected chi connectivity index (χ2v) is 6.56. The highest BCUT2D eigenvalue weighted by molar-refractivity contribution is 9.13. The van der Waals surface area contributed by atoms with Crippen LogP contribution in [0.2, 0.25) is 0 Å². The van der Waals surface area contributed by atoms with Gasteiger partial charge in [0.1, 0.15) is 0 Å². The van der Waals surface area contributed by atoms with Crippen molar-refractivity contribution in [3.8, 4) is 0 Å². The molecule has 1 heterocycles. The fourth-order valence-corrected chi connectivity index (χ4v) is 3.09. The van der Waals surface area contributed by atoms with Gasteiger partial charge in [0.05, 0.1) is 26.2 Å². The quantitative estimate of drug-likeness (QED) is 0.683. The SMILES string of the molecule is CCOC(=O)CC(c1ccc(Br)c(Br)c1)N1CCOCC1. The third-order valence-corrected chi connectivity index (χ3v) is 5.36. The Kier molecular flexibility index (Phi) is 6.67. The Hall–Kier alpha value is -0.430. The summed E-state index contributed by atoms with van der Waals surface area (Å²) in [7, 11) is 0. The third kappa shape index (κ3) is 4.77. The summed E-state index contributed by atoms with van der Waals surface area (Å²) in [4.78, 5) is 14.2. The molecule has 1 aliphatic rings. The van der Waals surface area contributed by atoms with E-state index in [4.69, 9.17) is 9.47 Å². The highest BCUT2D eigenvalue weighted by Gasteiger charge is 2.26. The lowest BCUT2D eigenvalue weighted by molar-refractivity contribution is -0.145. The Balaban J connectivity index is 2.20. The maximum atomic E-state index is 11.9. The molecule has 6 heteroatoms. The molecule has 1 aromatic rings. The van der Waals surface area contributed by atoms with E-state index in [2.05, 4.69) is 42.8 Å². The molecule has 0 amide bonds. The van der Waals surface area contributed by atoms with Crippen LogP contribution in [0.15, 0.2) is 27.1 Å². The summed E-state index contributed by atoms with van der Waals surface area (Å²) in [5.41, 5.74) is 1.11. The van der Waals surface area contributed by atoms with E-state index in [-0.39, 0.29) is 12.0 Å². The topological polar surface area (TPSA) is 38.8 Å². The summed E-state index contributed by atoms with van der Waals surface area (Å²) in [6.45, 7) is 5.32. The van der Waals surface area contributed by atoms with Gasteiger partial charge in [-0.3, -0.25) is 9.69 Å². The first-order chi connectivity index (χ1) is 10.1. The van der Waals surface area contributed by atoms with E-state index in [0.717, 1.165) is 27.6 Å². The van der Waals surface area contributed by atoms with Crippen LogP contribution >= 0.6 is 31.9 Å². The predicted octanol–water partition coefficient (Wildman–Crippen LogP) is 3.54. The van der Waals surface area contributed by atoms with Crippen LogP contribution < -0.4 is 0 Å². The Bertz CT molecular complexity index is 490. The smallest absolute Gasteiger partial charge is 0.307 e. The summed E-state index contributed by atoms with van der Waals surface area (Å²) in [6.07, 6.45) is 0.363. The van der Waals surface area contributed by atoms with E-state index in [1.54, 1.807) is 0 Å². The van der Waals surface area contributed by atoms with E-state index in [9.17, 15) is 4.79 Å². The van der Waals surface area contributed by atoms with Crippen molar-refractivity contribution in [2.45, 2.75) is 19.4 Å². The molecule has 0 bridgehead atoms. The molecule has 1 saturated heterocycles. The lowest BCUT2D eigenvalue weighted by Crippen LogP contribution is -2.40. The van der Waals surface area contributed by atoms with Gasteiger partial charge in [0.15, 0.2) is 0 Å². The molecule has 0 N–H and O–H groups in total. The predicted molar refractivity (Wildman–Crippen MR) is 88.2 cm³/mol. The first-order valence-electron chi connectivity index (χ1n) is 7.04. The van der Waals surface area contributed by atoms with Crippen molar-refractivity contribution in [1.29, 1.82) is 0 Å². The number of halogens is 2. The van der Waals surface area contributed by atoms with Gasteiger partial charge in [-0.05, 0) is 56.5 Å². The van der Waals surface area contributed by atoms with E-state index in [1.807, 2.05) is 19.1 Å². The van der Waals surface area contributed by atoms with Crippen molar-refractivity contribution in [3.63, 3.8) is 0 Å². The number of hydrogen-bond acceptors (Lipinski definition) is 4. The number of ether oxygens (including phenoxy) is 2. The normalized spacial score (nSPS) is 17.5. The Morgan fingerprint density at radius 2 is 2.05 bits per heavy atom. The zero-order valence-corrected chi connectivity index (χ0v) is 15.2. The molecule has 21 heavy (non-hydrogen) atoms. The first kappa shape index (κ1) is 16.9. The summed E-state index contributed by atoms with van der Waals surface area (Å²) in [5.74, 6) is -0.159. The highest BCUT2D eigenvalue weighted by atomic mass is 79.9. The van der Waals surface area contributed by atoms with Crippen LogP contribution in [-0.4, -0.2) is 43.8 Å². The Morgan fingerprint density at radius 3 is 2.67 bits per heavy atom. The van der Waals surface area contributed by atoms with Gasteiger partial charge in [-0.1, -0.05) is 6.07 Å². The summed E-state index contributed by atoms with van der Waals surface area (Å²) in [6, 6.07) is 6.13. The van der Waals surface area contributed by atoms with Gasteiger partial charge in [-0.25, -0.2) is 0 Å². The fourth-order valence-electron chi connectivity index (χ4n) is 2.44. The Morgan fingerprint density at radius 1 is 1.33 bits per heavy atom. The average Bonchev–Trinajstić information content (AvgIpc) is 2.49. The molecule has 1 unspecified atom stereocenters. The summed E-state index contributed by atoms with van der Waals surface area (Å²) < 4.78 is 12.5. The lowest BCUT2D eigenvalue weighted by atomic mass is 10.0. The van der Waals surface area contributed by atoms with Crippen LogP contribution in [0.5, 0.6) is 0 Å². The van der Waals surface area contributed by atoms with Crippen molar-refractivity contribution < 1.29 is 14.3 Å². The van der Waals surface area contributed by atoms with Crippen molar-refractivity contribution in [2.75, 3.05) is 32.9 Å². The van der Waals surface area contributed by atoms with Gasteiger partial charge in [0.25, 0.3) is 0 Å². The van der Waals surface area contributed by atoms with Crippen molar-refractivity contribution >= 4 is 37.8 Å². The molecule has 1 fully saturated rings. The van der Waals surface area contributed by atoms with E-state index in [1.165, 1.54) is 0 Å². The van der Waals surface area contributed by atoms with E-state index >= 15 is 0 Å². The van der Waals surface area contributed by atoms with Crippen LogP contribution in [0.3, 0.4) is 0 Å². The molecule has 4 nitrogen and oxygen atoms in total. The maximum absolute atomic E-state index is 11.9. The van der Waals surface area contributed by atoms with Crippen LogP contribution in [0.1, 0.15) is 24.9 Å². The lowest BCUT2D eigenvalue weighted by Gasteiger charge is -2.34. The minimum atomic E-state index is -0.159. The van der Waals surface area contributed by atoms with Crippen LogP contribution in [0, 0.1) is 0 Å². The minimum absolute atomic E-state index is 0.0253. The zero-order valence-electron chi connectivity index (χ0n) is 12.0. The highest BCUT2D eigenvalue weighted by Crippen LogP contribution is 2.31. The number of benzene rings is 1. The monoisotopic (exact) mass is 419 g/mol. The minimum Gasteiger partial charge on any atom is -0.466 e. The molecule has 0 aromatic heterocycles. The molecule has 0 spiro atoms. The number of nitrogens with zero attached hydrogens (tertiary/aromatic N) is 1.